The number of fused-ring (bicyclic) bond motifs is 4. The number of nitrogens with one attached hydrogen (secondary N) is 1. The molecule has 0 aliphatic carbocycles. The third kappa shape index (κ3) is 10.2. The molecule has 5 aliphatic rings. The van der Waals surface area contributed by atoms with Gasteiger partial charge in [-0.15, -0.1) is 0 Å². The number of nitrogens with zero attached hydrogens (tertiary/aromatic N) is 5. The first kappa shape index (κ1) is 47.1. The number of unbranched alkanes of at least 4 members (excludes halogenated alkanes) is 4. The minimum atomic E-state index is -0.292. The fraction of sp³-hybridized carbons (Fsp3) is 0.315. The van der Waals surface area contributed by atoms with Crippen molar-refractivity contribution in [3.05, 3.63) is 120 Å². The lowest BCUT2D eigenvalue weighted by Crippen LogP contribution is -2.32. The molecule has 5 aliphatic heterocycles. The van der Waals surface area contributed by atoms with E-state index in [1.54, 1.807) is 61.6 Å². The molecule has 70 heavy (non-hydrogen) atoms. The van der Waals surface area contributed by atoms with Gasteiger partial charge >= 0.3 is 0 Å². The summed E-state index contributed by atoms with van der Waals surface area (Å²) in [5, 5.41) is 2.93. The Balaban J connectivity index is 0.730. The van der Waals surface area contributed by atoms with Crippen molar-refractivity contribution in [3.8, 4) is 28.7 Å². The van der Waals surface area contributed by atoms with Crippen molar-refractivity contribution in [2.45, 2.75) is 69.9 Å². The van der Waals surface area contributed by atoms with E-state index in [0.29, 0.717) is 109 Å². The van der Waals surface area contributed by atoms with E-state index in [-0.39, 0.29) is 41.6 Å². The van der Waals surface area contributed by atoms with Gasteiger partial charge in [-0.05, 0) is 90.8 Å². The van der Waals surface area contributed by atoms with Gasteiger partial charge in [0.25, 0.3) is 23.6 Å². The number of carbonyl (C=O) groups is 5. The molecular weight excluding hydrogens is 893 g/mol. The Hall–Kier alpha value is -8.01. The summed E-state index contributed by atoms with van der Waals surface area (Å²) < 4.78 is 29.0. The zero-order valence-electron chi connectivity index (χ0n) is 39.4. The number of amides is 5. The first-order valence-corrected chi connectivity index (χ1v) is 23.5. The van der Waals surface area contributed by atoms with Gasteiger partial charge < -0.3 is 38.8 Å². The molecule has 16 nitrogen and oxygen atoms in total. The number of hydrogen-bond donors (Lipinski definition) is 1. The second-order valence-electron chi connectivity index (χ2n) is 17.5. The van der Waals surface area contributed by atoms with Crippen LogP contribution in [0.4, 0.5) is 17.1 Å². The van der Waals surface area contributed by atoms with Crippen molar-refractivity contribution in [2.75, 3.05) is 46.4 Å². The molecule has 0 radical (unpaired) electrons. The molecule has 4 aromatic rings. The molecule has 1 N–H and O–H groups in total. The Morgan fingerprint density at radius 3 is 1.60 bits per heavy atom. The van der Waals surface area contributed by atoms with Gasteiger partial charge in [0.2, 0.25) is 5.91 Å². The molecule has 9 rings (SSSR count). The summed E-state index contributed by atoms with van der Waals surface area (Å²) in [5.41, 5.74) is 6.53. The molecule has 4 aromatic carbocycles. The minimum Gasteiger partial charge on any atom is -0.497 e. The summed E-state index contributed by atoms with van der Waals surface area (Å²) in [6.07, 6.45) is 15.8. The summed E-state index contributed by atoms with van der Waals surface area (Å²) in [7, 11) is 4.73. The highest BCUT2D eigenvalue weighted by Gasteiger charge is 2.35. The van der Waals surface area contributed by atoms with Gasteiger partial charge in [-0.2, -0.15) is 0 Å². The summed E-state index contributed by atoms with van der Waals surface area (Å²) in [4.78, 5) is 77.8. The Kier molecular flexibility index (Phi) is 14.2. The van der Waals surface area contributed by atoms with Gasteiger partial charge in [0.1, 0.15) is 5.75 Å². The highest BCUT2D eigenvalue weighted by molar-refractivity contribution is 6.13. The number of benzene rings is 4. The topological polar surface area (TPSA) is 178 Å². The van der Waals surface area contributed by atoms with Gasteiger partial charge in [-0.1, -0.05) is 30.7 Å². The summed E-state index contributed by atoms with van der Waals surface area (Å²) in [6.45, 7) is 1.18. The molecule has 0 bridgehead atoms. The molecule has 360 valence electrons. The van der Waals surface area contributed by atoms with Gasteiger partial charge in [-0.3, -0.25) is 38.9 Å². The first-order chi connectivity index (χ1) is 34.1. The second-order valence-corrected chi connectivity index (χ2v) is 17.5. The molecule has 5 amide bonds. The average Bonchev–Trinajstić information content (AvgIpc) is 4.06. The Bertz CT molecular complexity index is 2830. The quantitative estimate of drug-likeness (QED) is 0.0666. The van der Waals surface area contributed by atoms with Crippen LogP contribution in [0, 0.1) is 0 Å². The fourth-order valence-corrected chi connectivity index (χ4v) is 9.07. The number of hydrogen-bond acceptors (Lipinski definition) is 12. The minimum absolute atomic E-state index is 0.112. The molecular formula is C54H54N6O10. The molecule has 0 fully saturated rings. The standard InChI is InChI=1S/C54H54N6O10/c1-66-41-17-13-35(14-18-41)37-25-40-31-56-45-29-49(47(68-3)27-43(45)54(65)60(40)33-37)70-23-9-5-8-22-69-48-28-44-42(26-46(48)67-2)53(64)59-32-36(24-39(59)30-55-44)34-11-15-38(16-12-34)57-50(61)10-6-4-7-21-58-51(62)19-20-52(58)63/h11-20,26-33,39-40H,4-10,21-25H2,1-3H3,(H,57,61)/t39-,40?/m0/s1. The van der Waals surface area contributed by atoms with Crippen LogP contribution in [0.25, 0.3) is 11.1 Å². The predicted molar refractivity (Wildman–Crippen MR) is 265 cm³/mol. The van der Waals surface area contributed by atoms with Crippen LogP contribution in [0.2, 0.25) is 0 Å². The van der Waals surface area contributed by atoms with Gasteiger partial charge in [-0.25, -0.2) is 0 Å². The third-order valence-corrected chi connectivity index (χ3v) is 12.9. The highest BCUT2D eigenvalue weighted by Crippen LogP contribution is 2.42. The summed E-state index contributed by atoms with van der Waals surface area (Å²) in [6, 6.07) is 21.8. The zero-order valence-corrected chi connectivity index (χ0v) is 39.4. The van der Waals surface area contributed by atoms with E-state index in [1.165, 1.54) is 17.1 Å². The Morgan fingerprint density at radius 1 is 0.600 bits per heavy atom. The van der Waals surface area contributed by atoms with E-state index >= 15 is 0 Å². The Labute approximate surface area is 405 Å². The molecule has 1 unspecified atom stereocenters. The van der Waals surface area contributed by atoms with Gasteiger partial charge in [0, 0.05) is 80.6 Å². The molecule has 5 heterocycles. The predicted octanol–water partition coefficient (Wildman–Crippen LogP) is 8.71. The van der Waals surface area contributed by atoms with Crippen molar-refractivity contribution in [2.24, 2.45) is 9.98 Å². The van der Waals surface area contributed by atoms with E-state index in [0.717, 1.165) is 47.3 Å². The van der Waals surface area contributed by atoms with E-state index < -0.39 is 0 Å². The molecule has 16 heteroatoms. The van der Waals surface area contributed by atoms with Crippen molar-refractivity contribution in [1.29, 1.82) is 0 Å². The van der Waals surface area contributed by atoms with Crippen LogP contribution in [-0.4, -0.2) is 110 Å². The molecule has 0 spiro atoms. The van der Waals surface area contributed by atoms with Crippen molar-refractivity contribution in [1.82, 2.24) is 14.7 Å². The zero-order chi connectivity index (χ0) is 48.7. The van der Waals surface area contributed by atoms with Gasteiger partial charge in [0.05, 0.1) is 69.1 Å². The Morgan fingerprint density at radius 2 is 1.10 bits per heavy atom. The number of carbonyl (C=O) groups excluding carboxylic acids is 5. The van der Waals surface area contributed by atoms with Crippen LogP contribution in [0.1, 0.15) is 89.6 Å². The largest absolute Gasteiger partial charge is 0.497 e. The maximum absolute atomic E-state index is 14.0. The van der Waals surface area contributed by atoms with Crippen LogP contribution in [-0.2, 0) is 14.4 Å². The molecule has 0 aromatic heterocycles. The number of rotatable bonds is 20. The molecule has 0 saturated carbocycles. The highest BCUT2D eigenvalue weighted by atomic mass is 16.5. The van der Waals surface area contributed by atoms with Crippen LogP contribution in [0.5, 0.6) is 28.7 Å². The van der Waals surface area contributed by atoms with E-state index in [4.69, 9.17) is 33.7 Å². The molecule has 0 saturated heterocycles. The fourth-order valence-electron chi connectivity index (χ4n) is 9.07. The number of aliphatic imine (C=N–C) groups is 2. The smallest absolute Gasteiger partial charge is 0.260 e. The normalized spacial score (nSPS) is 17.6. The van der Waals surface area contributed by atoms with Crippen LogP contribution < -0.4 is 29.0 Å². The van der Waals surface area contributed by atoms with Gasteiger partial charge in [0.15, 0.2) is 23.0 Å². The summed E-state index contributed by atoms with van der Waals surface area (Å²) in [5.74, 6) is 1.63. The van der Waals surface area contributed by atoms with E-state index in [2.05, 4.69) is 5.32 Å². The second kappa shape index (κ2) is 21.1. The third-order valence-electron chi connectivity index (χ3n) is 12.9. The van der Waals surface area contributed by atoms with E-state index in [1.807, 2.05) is 67.1 Å². The lowest BCUT2D eigenvalue weighted by molar-refractivity contribution is -0.136. The lowest BCUT2D eigenvalue weighted by Gasteiger charge is -2.19. The average molecular weight is 947 g/mol. The van der Waals surface area contributed by atoms with Crippen molar-refractivity contribution in [3.63, 3.8) is 0 Å². The monoisotopic (exact) mass is 946 g/mol. The number of methoxy groups -OCH3 is 3. The van der Waals surface area contributed by atoms with Crippen molar-refractivity contribution < 1.29 is 47.7 Å². The maximum atomic E-state index is 14.0. The summed E-state index contributed by atoms with van der Waals surface area (Å²) >= 11 is 0. The number of anilines is 1. The molecule has 2 atom stereocenters. The number of ether oxygens (including phenoxy) is 5. The number of imide groups is 1. The maximum Gasteiger partial charge on any atom is 0.260 e. The van der Waals surface area contributed by atoms with Crippen LogP contribution in [0.15, 0.2) is 107 Å². The van der Waals surface area contributed by atoms with Crippen molar-refractivity contribution >= 4 is 70.2 Å². The SMILES string of the molecule is COc1ccc(C2=CN3C(=O)c4cc(OC)c(OCCCCCOc5cc6c(cc5OC)C(=O)N5C=C(c7ccc(NC(=O)CCCCCN8C(=O)C=CC8=O)cc7)C[C@H]5C=N6)cc4N=CC3C2)cc1. The van der Waals surface area contributed by atoms with Crippen LogP contribution in [0.3, 0.4) is 0 Å². The van der Waals surface area contributed by atoms with Crippen LogP contribution >= 0.6 is 0 Å². The lowest BCUT2D eigenvalue weighted by atomic mass is 10.0. The first-order valence-electron chi connectivity index (χ1n) is 23.5. The van der Waals surface area contributed by atoms with E-state index in [9.17, 15) is 24.0 Å².